The summed E-state index contributed by atoms with van der Waals surface area (Å²) in [6, 6.07) is 6.77. The number of benzene rings is 1. The van der Waals surface area contributed by atoms with E-state index in [-0.39, 0.29) is 17.6 Å². The lowest BCUT2D eigenvalue weighted by Gasteiger charge is -2.05. The van der Waals surface area contributed by atoms with Crippen LogP contribution in [0.5, 0.6) is 5.75 Å². The maximum absolute atomic E-state index is 12.1. The Kier molecular flexibility index (Phi) is 5.55. The maximum Gasteiger partial charge on any atom is 0.277 e. The number of amides is 1. The molecule has 2 rings (SSSR count). The molecule has 0 bridgehead atoms. The van der Waals surface area contributed by atoms with Crippen LogP contribution in [0.2, 0.25) is 0 Å². The molecule has 0 radical (unpaired) electrons. The number of unbranched alkanes of at least 4 members (excludes halogenated alkanes) is 1. The molecule has 1 aromatic heterocycles. The van der Waals surface area contributed by atoms with Gasteiger partial charge in [-0.25, -0.2) is 4.98 Å². The normalized spacial score (nSPS) is 12.0. The van der Waals surface area contributed by atoms with Gasteiger partial charge in [-0.15, -0.1) is 0 Å². The van der Waals surface area contributed by atoms with Crippen LogP contribution in [-0.4, -0.2) is 18.0 Å². The predicted octanol–water partition coefficient (Wildman–Crippen LogP) is 3.13. The van der Waals surface area contributed by atoms with Crippen molar-refractivity contribution in [2.24, 2.45) is 5.73 Å². The van der Waals surface area contributed by atoms with Crippen molar-refractivity contribution in [2.75, 3.05) is 12.4 Å². The highest BCUT2D eigenvalue weighted by Crippen LogP contribution is 2.18. The Labute approximate surface area is 129 Å². The van der Waals surface area contributed by atoms with E-state index in [0.717, 1.165) is 25.0 Å². The minimum Gasteiger partial charge on any atom is -0.497 e. The number of nitrogens with one attached hydrogen (secondary N) is 1. The minimum absolute atomic E-state index is 0.220. The zero-order chi connectivity index (χ0) is 15.9. The summed E-state index contributed by atoms with van der Waals surface area (Å²) in [5.74, 6) is 0.791. The van der Waals surface area contributed by atoms with Crippen LogP contribution in [0.1, 0.15) is 48.6 Å². The van der Waals surface area contributed by atoms with Gasteiger partial charge in [-0.1, -0.05) is 19.8 Å². The molecular weight excluding hydrogens is 282 g/mol. The summed E-state index contributed by atoms with van der Waals surface area (Å²) in [6.07, 6.45) is 4.17. The van der Waals surface area contributed by atoms with Gasteiger partial charge in [-0.05, 0) is 30.7 Å². The van der Waals surface area contributed by atoms with Crippen molar-refractivity contribution in [3.8, 4) is 5.75 Å². The standard InChI is InChI=1S/C16H21N3O3/c1-3-4-5-13(17)16-19-14(10-22-16)15(20)18-11-6-8-12(21-2)9-7-11/h6-10,13H,3-5,17H2,1-2H3,(H,18,20). The summed E-state index contributed by atoms with van der Waals surface area (Å²) in [5.41, 5.74) is 6.86. The van der Waals surface area contributed by atoms with E-state index in [1.165, 1.54) is 6.26 Å². The summed E-state index contributed by atoms with van der Waals surface area (Å²) in [6.45, 7) is 2.09. The molecule has 2 aromatic rings. The largest absolute Gasteiger partial charge is 0.497 e. The molecule has 0 aliphatic carbocycles. The van der Waals surface area contributed by atoms with Gasteiger partial charge in [0.15, 0.2) is 5.69 Å². The van der Waals surface area contributed by atoms with Gasteiger partial charge in [0.05, 0.1) is 13.2 Å². The van der Waals surface area contributed by atoms with E-state index in [9.17, 15) is 4.79 Å². The third-order valence-corrected chi connectivity index (χ3v) is 3.29. The van der Waals surface area contributed by atoms with Crippen molar-refractivity contribution in [3.63, 3.8) is 0 Å². The topological polar surface area (TPSA) is 90.4 Å². The number of carbonyl (C=O) groups is 1. The first kappa shape index (κ1) is 16.0. The second-order valence-corrected chi connectivity index (χ2v) is 5.00. The van der Waals surface area contributed by atoms with Crippen molar-refractivity contribution >= 4 is 11.6 Å². The Morgan fingerprint density at radius 2 is 2.14 bits per heavy atom. The zero-order valence-corrected chi connectivity index (χ0v) is 12.8. The van der Waals surface area contributed by atoms with Gasteiger partial charge in [0.1, 0.15) is 12.0 Å². The van der Waals surface area contributed by atoms with E-state index in [4.69, 9.17) is 14.9 Å². The van der Waals surface area contributed by atoms with Crippen LogP contribution in [0.3, 0.4) is 0 Å². The molecule has 22 heavy (non-hydrogen) atoms. The molecule has 6 nitrogen and oxygen atoms in total. The van der Waals surface area contributed by atoms with Gasteiger partial charge in [-0.2, -0.15) is 0 Å². The molecule has 0 aliphatic rings. The van der Waals surface area contributed by atoms with E-state index in [1.54, 1.807) is 31.4 Å². The zero-order valence-electron chi connectivity index (χ0n) is 12.8. The molecule has 1 aromatic carbocycles. The van der Waals surface area contributed by atoms with Crippen LogP contribution in [0.15, 0.2) is 34.9 Å². The molecule has 0 aliphatic heterocycles. The first-order chi connectivity index (χ1) is 10.6. The molecule has 1 amide bonds. The minimum atomic E-state index is -0.331. The van der Waals surface area contributed by atoms with Crippen molar-refractivity contribution in [3.05, 3.63) is 42.1 Å². The second-order valence-electron chi connectivity index (χ2n) is 5.00. The summed E-state index contributed by atoms with van der Waals surface area (Å²) in [4.78, 5) is 16.3. The third kappa shape index (κ3) is 4.08. The van der Waals surface area contributed by atoms with Crippen LogP contribution >= 0.6 is 0 Å². The number of oxazole rings is 1. The Morgan fingerprint density at radius 3 is 2.77 bits per heavy atom. The van der Waals surface area contributed by atoms with Crippen LogP contribution in [0, 0.1) is 0 Å². The van der Waals surface area contributed by atoms with E-state index in [1.807, 2.05) is 0 Å². The molecular formula is C16H21N3O3. The molecule has 0 fully saturated rings. The van der Waals surface area contributed by atoms with Crippen molar-refractivity contribution in [1.82, 2.24) is 4.98 Å². The Morgan fingerprint density at radius 1 is 1.41 bits per heavy atom. The molecule has 6 heteroatoms. The molecule has 118 valence electrons. The molecule has 1 heterocycles. The van der Waals surface area contributed by atoms with E-state index >= 15 is 0 Å². The maximum atomic E-state index is 12.1. The fraction of sp³-hybridized carbons (Fsp3) is 0.375. The smallest absolute Gasteiger partial charge is 0.277 e. The molecule has 1 unspecified atom stereocenters. The predicted molar refractivity (Wildman–Crippen MR) is 83.9 cm³/mol. The number of nitrogens with two attached hydrogens (primary N) is 1. The molecule has 1 atom stereocenters. The summed E-state index contributed by atoms with van der Waals surface area (Å²) in [5, 5.41) is 2.75. The number of carbonyl (C=O) groups excluding carboxylic acids is 1. The average molecular weight is 303 g/mol. The van der Waals surface area contributed by atoms with Gasteiger partial charge >= 0.3 is 0 Å². The highest BCUT2D eigenvalue weighted by Gasteiger charge is 2.16. The van der Waals surface area contributed by atoms with E-state index < -0.39 is 0 Å². The van der Waals surface area contributed by atoms with Gasteiger partial charge in [0, 0.05) is 5.69 Å². The fourth-order valence-corrected chi connectivity index (χ4v) is 1.98. The van der Waals surface area contributed by atoms with Crippen molar-refractivity contribution in [1.29, 1.82) is 0 Å². The highest BCUT2D eigenvalue weighted by atomic mass is 16.5. The van der Waals surface area contributed by atoms with Gasteiger partial charge in [0.2, 0.25) is 5.89 Å². The van der Waals surface area contributed by atoms with E-state index in [0.29, 0.717) is 11.6 Å². The number of ether oxygens (including phenoxy) is 1. The van der Waals surface area contributed by atoms with Gasteiger partial charge in [0.25, 0.3) is 5.91 Å². The molecule has 0 saturated heterocycles. The lowest BCUT2D eigenvalue weighted by molar-refractivity contribution is 0.102. The average Bonchev–Trinajstić information content (AvgIpc) is 3.03. The van der Waals surface area contributed by atoms with Crippen LogP contribution in [0.25, 0.3) is 0 Å². The number of rotatable bonds is 7. The number of anilines is 1. The van der Waals surface area contributed by atoms with Crippen molar-refractivity contribution in [2.45, 2.75) is 32.2 Å². The molecule has 0 spiro atoms. The van der Waals surface area contributed by atoms with Gasteiger partial charge in [-0.3, -0.25) is 4.79 Å². The lowest BCUT2D eigenvalue weighted by Crippen LogP contribution is -2.14. The number of nitrogens with zero attached hydrogens (tertiary/aromatic N) is 1. The lowest BCUT2D eigenvalue weighted by atomic mass is 10.1. The van der Waals surface area contributed by atoms with Crippen LogP contribution in [-0.2, 0) is 0 Å². The van der Waals surface area contributed by atoms with Crippen molar-refractivity contribution < 1.29 is 13.9 Å². The van der Waals surface area contributed by atoms with Gasteiger partial charge < -0.3 is 20.2 Å². The number of methoxy groups -OCH3 is 1. The van der Waals surface area contributed by atoms with Crippen LogP contribution in [0.4, 0.5) is 5.69 Å². The quantitative estimate of drug-likeness (QED) is 0.820. The highest BCUT2D eigenvalue weighted by molar-refractivity contribution is 6.02. The molecule has 3 N–H and O–H groups in total. The van der Waals surface area contributed by atoms with Crippen LogP contribution < -0.4 is 15.8 Å². The monoisotopic (exact) mass is 303 g/mol. The first-order valence-corrected chi connectivity index (χ1v) is 7.30. The SMILES string of the molecule is CCCCC(N)c1nc(C(=O)Nc2ccc(OC)cc2)co1. The first-order valence-electron chi connectivity index (χ1n) is 7.30. The summed E-state index contributed by atoms with van der Waals surface area (Å²) >= 11 is 0. The number of aromatic nitrogens is 1. The number of hydrogen-bond donors (Lipinski definition) is 2. The molecule has 0 saturated carbocycles. The fourth-order valence-electron chi connectivity index (χ4n) is 1.98. The Balaban J connectivity index is 1.98. The Bertz CT molecular complexity index is 607. The van der Waals surface area contributed by atoms with E-state index in [2.05, 4.69) is 17.2 Å². The Hall–Kier alpha value is -2.34. The summed E-state index contributed by atoms with van der Waals surface area (Å²) < 4.78 is 10.4. The third-order valence-electron chi connectivity index (χ3n) is 3.29. The summed E-state index contributed by atoms with van der Waals surface area (Å²) in [7, 11) is 1.59. The second kappa shape index (κ2) is 7.61. The number of hydrogen-bond acceptors (Lipinski definition) is 5.